The van der Waals surface area contributed by atoms with Crippen LogP contribution in [0.1, 0.15) is 27.0 Å². The molecule has 1 aromatic carbocycles. The molecule has 2 aromatic rings. The van der Waals surface area contributed by atoms with Crippen LogP contribution in [-0.4, -0.2) is 57.4 Å². The standard InChI is InChI=1S/C21H23Cl2FN3O9P/c1-4-33-17(30)10(2)26-37(32)36-18(34-11-5-6-12(22)13(23)9-11)15-16(29)21(3,24)19(35-15)27-8-7-14(28)25-20(27)31/h5-10,15-16,18-19,29H,4H2,1-3H3,(H,25,28,31)/t10-,15+,16+,18?,19+,21+/m0/s1. The van der Waals surface area contributed by atoms with Gasteiger partial charge in [0.25, 0.3) is 11.8 Å². The second-order valence-electron chi connectivity index (χ2n) is 8.02. The minimum absolute atomic E-state index is 0.0160. The van der Waals surface area contributed by atoms with Gasteiger partial charge in [-0.25, -0.2) is 14.0 Å². The minimum Gasteiger partial charge on any atom is -0.583 e. The van der Waals surface area contributed by atoms with E-state index in [-0.39, 0.29) is 22.4 Å². The molecule has 1 aliphatic heterocycles. The number of carbonyl (C=O) groups is 1. The number of ether oxygens (including phenoxy) is 3. The molecule has 0 aliphatic carbocycles. The van der Waals surface area contributed by atoms with E-state index in [9.17, 15) is 24.4 Å². The molecule has 0 amide bonds. The molecule has 0 radical (unpaired) electrons. The minimum atomic E-state index is -3.00. The van der Waals surface area contributed by atoms with Gasteiger partial charge in [0.1, 0.15) is 11.9 Å². The van der Waals surface area contributed by atoms with Crippen molar-refractivity contribution >= 4 is 37.3 Å². The van der Waals surface area contributed by atoms with Crippen molar-refractivity contribution in [2.45, 2.75) is 57.2 Å². The maximum atomic E-state index is 15.7. The molecule has 37 heavy (non-hydrogen) atoms. The van der Waals surface area contributed by atoms with Crippen LogP contribution in [0.15, 0.2) is 44.8 Å². The molecule has 2 N–H and O–H groups in total. The zero-order chi connectivity index (χ0) is 27.5. The Morgan fingerprint density at radius 2 is 2.08 bits per heavy atom. The molecule has 1 fully saturated rings. The summed E-state index contributed by atoms with van der Waals surface area (Å²) in [5.41, 5.74) is -4.34. The number of esters is 1. The number of aliphatic hydroxyl groups is 1. The van der Waals surface area contributed by atoms with Crippen LogP contribution in [0.2, 0.25) is 10.0 Å². The fraction of sp³-hybridized carbons (Fsp3) is 0.476. The van der Waals surface area contributed by atoms with Gasteiger partial charge in [-0.2, -0.15) is 0 Å². The maximum Gasteiger partial charge on any atom is 0.346 e. The van der Waals surface area contributed by atoms with Crippen molar-refractivity contribution < 1.29 is 37.9 Å². The summed E-state index contributed by atoms with van der Waals surface area (Å²) >= 11 is 11.9. The Balaban J connectivity index is 1.96. The molecule has 16 heteroatoms. The Labute approximate surface area is 220 Å². The number of hydrogen-bond donors (Lipinski definition) is 2. The van der Waals surface area contributed by atoms with E-state index in [0.29, 0.717) is 0 Å². The molecule has 2 heterocycles. The van der Waals surface area contributed by atoms with Gasteiger partial charge in [0.05, 0.1) is 16.7 Å². The lowest BCUT2D eigenvalue weighted by Gasteiger charge is -2.25. The molecule has 1 saturated heterocycles. The van der Waals surface area contributed by atoms with Crippen molar-refractivity contribution in [2.24, 2.45) is 4.74 Å². The summed E-state index contributed by atoms with van der Waals surface area (Å²) in [6, 6.07) is 3.83. The highest BCUT2D eigenvalue weighted by molar-refractivity contribution is 7.33. The van der Waals surface area contributed by atoms with Gasteiger partial charge in [-0.15, -0.1) is 4.52 Å². The molecule has 202 valence electrons. The van der Waals surface area contributed by atoms with E-state index >= 15 is 4.39 Å². The van der Waals surface area contributed by atoms with Gasteiger partial charge in [0.15, 0.2) is 24.0 Å². The Bertz CT molecular complexity index is 1290. The molecule has 12 nitrogen and oxygen atoms in total. The quantitative estimate of drug-likeness (QED) is 0.256. The molecule has 7 atom stereocenters. The molecular weight excluding hydrogens is 559 g/mol. The third kappa shape index (κ3) is 6.74. The SMILES string of the molecule is CCOC(=O)[C@H](C)/N=[P+](\[O-])OC(Oc1ccc(Cl)c(Cl)c1)[C@@H]1O[C@@H](n2ccc(=O)[nH]c2=O)[C@](C)(F)[C@@H]1O. The third-order valence-electron chi connectivity index (χ3n) is 5.26. The summed E-state index contributed by atoms with van der Waals surface area (Å²) in [6.07, 6.45) is -6.21. The lowest BCUT2D eigenvalue weighted by molar-refractivity contribution is -0.206. The Morgan fingerprint density at radius 1 is 1.38 bits per heavy atom. The number of nitrogens with zero attached hydrogens (tertiary/aromatic N) is 2. The number of nitrogens with one attached hydrogen (secondary N) is 1. The number of halogens is 3. The second-order valence-corrected chi connectivity index (χ2v) is 9.75. The van der Waals surface area contributed by atoms with Crippen molar-refractivity contribution in [3.63, 3.8) is 0 Å². The zero-order valence-electron chi connectivity index (χ0n) is 19.7. The largest absolute Gasteiger partial charge is 0.583 e. The average molecular weight is 582 g/mol. The number of carbonyl (C=O) groups excluding carboxylic acids is 1. The number of hydrogen-bond acceptors (Lipinski definition) is 10. The van der Waals surface area contributed by atoms with Gasteiger partial charge in [0, 0.05) is 18.3 Å². The van der Waals surface area contributed by atoms with Crippen molar-refractivity contribution in [2.75, 3.05) is 6.61 Å². The zero-order valence-corrected chi connectivity index (χ0v) is 22.1. The number of aromatic nitrogens is 2. The highest BCUT2D eigenvalue weighted by Gasteiger charge is 2.59. The molecular formula is C21H23Cl2FN3O9P. The first-order valence-electron chi connectivity index (χ1n) is 10.8. The fourth-order valence-corrected chi connectivity index (χ4v) is 4.45. The van der Waals surface area contributed by atoms with Crippen molar-refractivity contribution in [1.29, 1.82) is 0 Å². The van der Waals surface area contributed by atoms with Gasteiger partial charge in [-0.3, -0.25) is 14.3 Å². The smallest absolute Gasteiger partial charge is 0.346 e. The fourth-order valence-electron chi connectivity index (χ4n) is 3.39. The lowest BCUT2D eigenvalue weighted by Crippen LogP contribution is -2.46. The third-order valence-corrected chi connectivity index (χ3v) is 6.93. The molecule has 0 bridgehead atoms. The van der Waals surface area contributed by atoms with E-state index in [1.165, 1.54) is 25.1 Å². The predicted octanol–water partition coefficient (Wildman–Crippen LogP) is 2.06. The number of benzene rings is 1. The summed E-state index contributed by atoms with van der Waals surface area (Å²) in [6.45, 7) is 3.94. The topological polar surface area (TPSA) is 164 Å². The molecule has 3 rings (SSSR count). The van der Waals surface area contributed by atoms with E-state index in [1.807, 2.05) is 4.98 Å². The number of alkyl halides is 1. The van der Waals surface area contributed by atoms with Crippen LogP contribution in [0, 0.1) is 0 Å². The van der Waals surface area contributed by atoms with E-state index < -0.39 is 61.8 Å². The van der Waals surface area contributed by atoms with Crippen LogP contribution >= 0.6 is 31.4 Å². The average Bonchev–Trinajstić information content (AvgIpc) is 3.05. The van der Waals surface area contributed by atoms with Gasteiger partial charge >= 0.3 is 19.8 Å². The van der Waals surface area contributed by atoms with Gasteiger partial charge < -0.3 is 24.2 Å². The van der Waals surface area contributed by atoms with Crippen LogP contribution in [0.4, 0.5) is 4.39 Å². The summed E-state index contributed by atoms with van der Waals surface area (Å²) in [5.74, 6) is -0.746. The number of rotatable bonds is 9. The first-order valence-corrected chi connectivity index (χ1v) is 12.7. The summed E-state index contributed by atoms with van der Waals surface area (Å²) in [4.78, 5) is 50.1. The van der Waals surface area contributed by atoms with E-state index in [0.717, 1.165) is 23.8 Å². The summed E-state index contributed by atoms with van der Waals surface area (Å²) < 4.78 is 41.6. The van der Waals surface area contributed by atoms with Gasteiger partial charge in [-0.1, -0.05) is 27.9 Å². The highest BCUT2D eigenvalue weighted by Crippen LogP contribution is 2.43. The number of aliphatic hydroxyl groups excluding tert-OH is 1. The molecule has 1 aliphatic rings. The van der Waals surface area contributed by atoms with Crippen LogP contribution in [0.3, 0.4) is 0 Å². The van der Waals surface area contributed by atoms with E-state index in [1.54, 1.807) is 6.92 Å². The van der Waals surface area contributed by atoms with E-state index in [4.69, 9.17) is 41.9 Å². The van der Waals surface area contributed by atoms with Gasteiger partial charge in [-0.05, 0) is 32.9 Å². The predicted molar refractivity (Wildman–Crippen MR) is 128 cm³/mol. The van der Waals surface area contributed by atoms with Crippen molar-refractivity contribution in [3.8, 4) is 5.75 Å². The molecule has 0 saturated carbocycles. The summed E-state index contributed by atoms with van der Waals surface area (Å²) in [7, 11) is -3.00. The number of aromatic amines is 1. The Morgan fingerprint density at radius 3 is 2.70 bits per heavy atom. The van der Waals surface area contributed by atoms with Crippen molar-refractivity contribution in [3.05, 3.63) is 61.3 Å². The maximum absolute atomic E-state index is 15.7. The van der Waals surface area contributed by atoms with Crippen LogP contribution in [0.5, 0.6) is 5.75 Å². The molecule has 0 spiro atoms. The van der Waals surface area contributed by atoms with Crippen LogP contribution < -0.4 is 20.9 Å². The summed E-state index contributed by atoms with van der Waals surface area (Å²) in [5, 5.41) is 11.1. The first-order chi connectivity index (χ1) is 17.3. The lowest BCUT2D eigenvalue weighted by atomic mass is 9.98. The van der Waals surface area contributed by atoms with E-state index in [2.05, 4.69) is 4.74 Å². The van der Waals surface area contributed by atoms with Crippen LogP contribution in [0.25, 0.3) is 0 Å². The van der Waals surface area contributed by atoms with Crippen molar-refractivity contribution in [1.82, 2.24) is 9.55 Å². The highest BCUT2D eigenvalue weighted by atomic mass is 35.5. The van der Waals surface area contributed by atoms with Crippen LogP contribution in [-0.2, 0) is 18.8 Å². The second kappa shape index (κ2) is 12.0. The first kappa shape index (κ1) is 29.2. The Kier molecular flexibility index (Phi) is 9.46. The Hall–Kier alpha value is -2.38. The molecule has 1 aromatic heterocycles. The molecule has 2 unspecified atom stereocenters. The monoisotopic (exact) mass is 581 g/mol. The van der Waals surface area contributed by atoms with Gasteiger partial charge in [0.2, 0.25) is 0 Å². The number of H-pyrrole nitrogens is 1. The normalized spacial score (nSPS) is 25.5.